The molecule has 1 aromatic heterocycles. The van der Waals surface area contributed by atoms with Crippen LogP contribution in [0, 0.1) is 5.82 Å². The Morgan fingerprint density at radius 1 is 1.08 bits per heavy atom. The Bertz CT molecular complexity index is 891. The third kappa shape index (κ3) is 5.03. The van der Waals surface area contributed by atoms with Gasteiger partial charge in [0.15, 0.2) is 10.9 Å². The lowest BCUT2D eigenvalue weighted by Crippen LogP contribution is -2.24. The number of thioether (sulfide) groups is 1. The lowest BCUT2D eigenvalue weighted by molar-refractivity contribution is 0.0945. The van der Waals surface area contributed by atoms with Gasteiger partial charge in [0.25, 0.3) is 5.91 Å². The first-order valence-electron chi connectivity index (χ1n) is 7.84. The number of hydrogen-bond acceptors (Lipinski definition) is 4. The molecule has 1 heterocycles. The molecular formula is C19H15ClFN3OS. The van der Waals surface area contributed by atoms with Crippen LogP contribution in [0.5, 0.6) is 0 Å². The molecule has 0 aliphatic rings. The highest BCUT2D eigenvalue weighted by Crippen LogP contribution is 2.22. The number of halogens is 2. The molecule has 1 N–H and O–H groups in total. The van der Waals surface area contributed by atoms with E-state index in [2.05, 4.69) is 15.3 Å². The highest BCUT2D eigenvalue weighted by atomic mass is 35.5. The number of benzene rings is 2. The van der Waals surface area contributed by atoms with Crippen LogP contribution in [-0.4, -0.2) is 15.9 Å². The van der Waals surface area contributed by atoms with E-state index in [1.807, 2.05) is 30.3 Å². The number of nitrogens with zero attached hydrogens (tertiary/aromatic N) is 2. The lowest BCUT2D eigenvalue weighted by atomic mass is 10.2. The Labute approximate surface area is 159 Å². The first kappa shape index (κ1) is 18.4. The number of amides is 1. The maximum absolute atomic E-state index is 12.9. The van der Waals surface area contributed by atoms with Crippen molar-refractivity contribution in [1.29, 1.82) is 0 Å². The smallest absolute Gasteiger partial charge is 0.271 e. The van der Waals surface area contributed by atoms with Gasteiger partial charge in [-0.3, -0.25) is 4.79 Å². The quantitative estimate of drug-likeness (QED) is 0.500. The van der Waals surface area contributed by atoms with E-state index in [-0.39, 0.29) is 22.4 Å². The van der Waals surface area contributed by atoms with E-state index in [0.29, 0.717) is 17.5 Å². The van der Waals surface area contributed by atoms with E-state index < -0.39 is 0 Å². The van der Waals surface area contributed by atoms with Crippen molar-refractivity contribution < 1.29 is 9.18 Å². The second-order valence-electron chi connectivity index (χ2n) is 5.43. The number of carbonyl (C=O) groups is 1. The van der Waals surface area contributed by atoms with Crippen LogP contribution in [0.25, 0.3) is 0 Å². The zero-order valence-electron chi connectivity index (χ0n) is 13.7. The Hall–Kier alpha value is -2.44. The fraction of sp³-hybridized carbons (Fsp3) is 0.105. The summed E-state index contributed by atoms with van der Waals surface area (Å²) in [6, 6.07) is 15.8. The number of nitrogens with one attached hydrogen (secondary N) is 1. The number of carbonyl (C=O) groups excluding carboxylic acids is 1. The molecule has 3 aromatic rings. The van der Waals surface area contributed by atoms with Crippen molar-refractivity contribution in [1.82, 2.24) is 15.3 Å². The van der Waals surface area contributed by atoms with Crippen molar-refractivity contribution in [2.75, 3.05) is 0 Å². The summed E-state index contributed by atoms with van der Waals surface area (Å²) in [6.45, 7) is 0.387. The topological polar surface area (TPSA) is 54.9 Å². The third-order valence-electron chi connectivity index (χ3n) is 3.51. The van der Waals surface area contributed by atoms with Crippen molar-refractivity contribution in [2.24, 2.45) is 0 Å². The van der Waals surface area contributed by atoms with Crippen LogP contribution in [-0.2, 0) is 12.3 Å². The van der Waals surface area contributed by atoms with E-state index in [1.165, 1.54) is 30.1 Å². The molecule has 2 aromatic carbocycles. The highest BCUT2D eigenvalue weighted by molar-refractivity contribution is 7.98. The molecule has 0 aliphatic carbocycles. The molecule has 1 amide bonds. The van der Waals surface area contributed by atoms with Crippen molar-refractivity contribution in [3.8, 4) is 0 Å². The summed E-state index contributed by atoms with van der Waals surface area (Å²) in [6.07, 6.45) is 1.42. The lowest BCUT2D eigenvalue weighted by Gasteiger charge is -2.07. The van der Waals surface area contributed by atoms with Gasteiger partial charge in [-0.25, -0.2) is 14.4 Å². The fourth-order valence-electron chi connectivity index (χ4n) is 2.17. The minimum absolute atomic E-state index is 0.138. The molecule has 0 spiro atoms. The van der Waals surface area contributed by atoms with Gasteiger partial charge in [-0.05, 0) is 23.3 Å². The van der Waals surface area contributed by atoms with Crippen LogP contribution in [0.2, 0.25) is 5.02 Å². The summed E-state index contributed by atoms with van der Waals surface area (Å²) in [5.74, 6) is -0.0729. The second kappa shape index (κ2) is 8.78. The molecule has 26 heavy (non-hydrogen) atoms. The molecule has 132 valence electrons. The Morgan fingerprint density at radius 2 is 1.81 bits per heavy atom. The molecule has 7 heteroatoms. The van der Waals surface area contributed by atoms with Crippen LogP contribution < -0.4 is 5.32 Å². The number of aromatic nitrogens is 2. The summed E-state index contributed by atoms with van der Waals surface area (Å²) in [7, 11) is 0. The van der Waals surface area contributed by atoms with E-state index in [4.69, 9.17) is 11.6 Å². The van der Waals surface area contributed by atoms with E-state index >= 15 is 0 Å². The van der Waals surface area contributed by atoms with Crippen LogP contribution >= 0.6 is 23.4 Å². The average molecular weight is 388 g/mol. The standard InChI is InChI=1S/C19H15ClFN3OS/c20-16-11-23-19(26-12-14-6-8-15(21)9-7-14)24-17(16)18(25)22-10-13-4-2-1-3-5-13/h1-9,11H,10,12H2,(H,22,25). The van der Waals surface area contributed by atoms with Crippen LogP contribution in [0.4, 0.5) is 4.39 Å². The second-order valence-corrected chi connectivity index (χ2v) is 6.78. The van der Waals surface area contributed by atoms with Gasteiger partial charge >= 0.3 is 0 Å². The largest absolute Gasteiger partial charge is 0.347 e. The van der Waals surface area contributed by atoms with Gasteiger partial charge in [0.1, 0.15) is 5.82 Å². The third-order valence-corrected chi connectivity index (χ3v) is 4.72. The molecule has 4 nitrogen and oxygen atoms in total. The number of rotatable bonds is 6. The molecule has 0 saturated heterocycles. The highest BCUT2D eigenvalue weighted by Gasteiger charge is 2.14. The Balaban J connectivity index is 1.64. The molecule has 0 unspecified atom stereocenters. The Morgan fingerprint density at radius 3 is 2.54 bits per heavy atom. The first-order chi connectivity index (χ1) is 12.6. The monoisotopic (exact) mass is 387 g/mol. The summed E-state index contributed by atoms with van der Waals surface area (Å²) in [5, 5.41) is 3.43. The normalized spacial score (nSPS) is 10.5. The summed E-state index contributed by atoms with van der Waals surface area (Å²) in [5.41, 5.74) is 2.06. The zero-order chi connectivity index (χ0) is 18.4. The predicted molar refractivity (Wildman–Crippen MR) is 101 cm³/mol. The zero-order valence-corrected chi connectivity index (χ0v) is 15.2. The van der Waals surface area contributed by atoms with Crippen molar-refractivity contribution in [3.05, 3.63) is 88.5 Å². The molecule has 0 radical (unpaired) electrons. The molecule has 3 rings (SSSR count). The van der Waals surface area contributed by atoms with E-state index in [1.54, 1.807) is 12.1 Å². The molecule has 0 bridgehead atoms. The van der Waals surface area contributed by atoms with Crippen molar-refractivity contribution >= 4 is 29.3 Å². The Kier molecular flexibility index (Phi) is 6.20. The molecule has 0 fully saturated rings. The molecule has 0 aliphatic heterocycles. The van der Waals surface area contributed by atoms with Crippen LogP contribution in [0.1, 0.15) is 21.6 Å². The van der Waals surface area contributed by atoms with Crippen molar-refractivity contribution in [3.63, 3.8) is 0 Å². The van der Waals surface area contributed by atoms with Gasteiger partial charge < -0.3 is 5.32 Å². The van der Waals surface area contributed by atoms with E-state index in [9.17, 15) is 9.18 Å². The predicted octanol–water partition coefficient (Wildman–Crippen LogP) is 4.49. The van der Waals surface area contributed by atoms with Gasteiger partial charge in [0, 0.05) is 12.3 Å². The minimum atomic E-state index is -0.357. The fourth-order valence-corrected chi connectivity index (χ4v) is 3.12. The van der Waals surface area contributed by atoms with E-state index in [0.717, 1.165) is 11.1 Å². The minimum Gasteiger partial charge on any atom is -0.347 e. The SMILES string of the molecule is O=C(NCc1ccccc1)c1nc(SCc2ccc(F)cc2)ncc1Cl. The molecule has 0 atom stereocenters. The number of hydrogen-bond donors (Lipinski definition) is 1. The molecular weight excluding hydrogens is 373 g/mol. The molecule has 0 saturated carbocycles. The summed E-state index contributed by atoms with van der Waals surface area (Å²) in [4.78, 5) is 20.8. The van der Waals surface area contributed by atoms with Gasteiger partial charge in [0.2, 0.25) is 0 Å². The average Bonchev–Trinajstić information content (AvgIpc) is 2.67. The maximum atomic E-state index is 12.9. The van der Waals surface area contributed by atoms with Gasteiger partial charge in [0.05, 0.1) is 11.2 Å². The van der Waals surface area contributed by atoms with Crippen LogP contribution in [0.3, 0.4) is 0 Å². The van der Waals surface area contributed by atoms with Gasteiger partial charge in [-0.2, -0.15) is 0 Å². The first-order valence-corrected chi connectivity index (χ1v) is 9.20. The van der Waals surface area contributed by atoms with Crippen LogP contribution in [0.15, 0.2) is 66.0 Å². The maximum Gasteiger partial charge on any atom is 0.271 e. The van der Waals surface area contributed by atoms with Gasteiger partial charge in [-0.15, -0.1) is 0 Å². The van der Waals surface area contributed by atoms with Gasteiger partial charge in [-0.1, -0.05) is 65.8 Å². The summed E-state index contributed by atoms with van der Waals surface area (Å²) < 4.78 is 12.9. The summed E-state index contributed by atoms with van der Waals surface area (Å²) >= 11 is 7.42. The van der Waals surface area contributed by atoms with Crippen molar-refractivity contribution in [2.45, 2.75) is 17.5 Å².